The van der Waals surface area contributed by atoms with Crippen molar-refractivity contribution in [3.8, 4) is 0 Å². The molecule has 0 radical (unpaired) electrons. The number of hydrogen-bond acceptors (Lipinski definition) is 1. The maximum Gasteiger partial charge on any atom is 0.0863 e. The summed E-state index contributed by atoms with van der Waals surface area (Å²) in [6.07, 6.45) is 3.61. The number of rotatable bonds is 4. The standard InChI is InChI=1S/C9H16O/c1-5-9(8(3)4)7-10-6-2/h5,7-8H,1,6H2,2-4H3/b9-7-. The molecule has 0 rings (SSSR count). The van der Waals surface area contributed by atoms with Crippen LogP contribution in [0.15, 0.2) is 24.5 Å². The van der Waals surface area contributed by atoms with Gasteiger partial charge in [-0.05, 0) is 18.4 Å². The second-order valence-electron chi connectivity index (χ2n) is 2.43. The van der Waals surface area contributed by atoms with Crippen LogP contribution in [0.25, 0.3) is 0 Å². The normalized spacial score (nSPS) is 11.8. The largest absolute Gasteiger partial charge is 0.501 e. The summed E-state index contributed by atoms with van der Waals surface area (Å²) < 4.78 is 5.11. The van der Waals surface area contributed by atoms with Crippen molar-refractivity contribution in [1.82, 2.24) is 0 Å². The van der Waals surface area contributed by atoms with Crippen LogP contribution in [0.2, 0.25) is 0 Å². The Morgan fingerprint density at radius 1 is 1.60 bits per heavy atom. The molecule has 0 aliphatic carbocycles. The van der Waals surface area contributed by atoms with Gasteiger partial charge < -0.3 is 4.74 Å². The molecule has 0 saturated heterocycles. The first kappa shape index (κ1) is 9.28. The fraction of sp³-hybridized carbons (Fsp3) is 0.556. The minimum absolute atomic E-state index is 0.504. The predicted molar refractivity (Wildman–Crippen MR) is 44.7 cm³/mol. The van der Waals surface area contributed by atoms with Crippen LogP contribution < -0.4 is 0 Å². The van der Waals surface area contributed by atoms with Gasteiger partial charge in [0.05, 0.1) is 12.9 Å². The molecule has 0 fully saturated rings. The van der Waals surface area contributed by atoms with Crippen molar-refractivity contribution >= 4 is 0 Å². The Hall–Kier alpha value is -0.720. The molecule has 0 atom stereocenters. The van der Waals surface area contributed by atoms with Crippen LogP contribution in [0.1, 0.15) is 20.8 Å². The van der Waals surface area contributed by atoms with Crippen molar-refractivity contribution in [2.24, 2.45) is 5.92 Å². The highest BCUT2D eigenvalue weighted by molar-refractivity contribution is 5.15. The molecule has 0 aromatic rings. The second-order valence-corrected chi connectivity index (χ2v) is 2.43. The van der Waals surface area contributed by atoms with Crippen molar-refractivity contribution in [2.75, 3.05) is 6.61 Å². The highest BCUT2D eigenvalue weighted by atomic mass is 16.5. The molecule has 10 heavy (non-hydrogen) atoms. The molecule has 1 heteroatoms. The maximum absolute atomic E-state index is 5.11. The Morgan fingerprint density at radius 2 is 2.20 bits per heavy atom. The summed E-state index contributed by atoms with van der Waals surface area (Å²) in [4.78, 5) is 0. The van der Waals surface area contributed by atoms with Gasteiger partial charge in [0.1, 0.15) is 0 Å². The molecule has 0 heterocycles. The zero-order valence-corrected chi connectivity index (χ0v) is 7.05. The van der Waals surface area contributed by atoms with Gasteiger partial charge in [-0.25, -0.2) is 0 Å². The fourth-order valence-electron chi connectivity index (χ4n) is 0.599. The average Bonchev–Trinajstić information content (AvgIpc) is 1.89. The maximum atomic E-state index is 5.11. The summed E-state index contributed by atoms with van der Waals surface area (Å²) in [5.41, 5.74) is 1.15. The zero-order chi connectivity index (χ0) is 7.98. The number of hydrogen-bond donors (Lipinski definition) is 0. The molecule has 1 nitrogen and oxygen atoms in total. The Bertz CT molecular complexity index is 123. The van der Waals surface area contributed by atoms with Gasteiger partial charge in [-0.3, -0.25) is 0 Å². The third-order valence-electron chi connectivity index (χ3n) is 1.29. The molecule has 0 amide bonds. The van der Waals surface area contributed by atoms with Gasteiger partial charge in [-0.2, -0.15) is 0 Å². The van der Waals surface area contributed by atoms with Crippen LogP contribution in [0.3, 0.4) is 0 Å². The third-order valence-corrected chi connectivity index (χ3v) is 1.29. The lowest BCUT2D eigenvalue weighted by molar-refractivity contribution is 0.264. The first-order valence-electron chi connectivity index (χ1n) is 3.66. The van der Waals surface area contributed by atoms with Crippen molar-refractivity contribution in [3.05, 3.63) is 24.5 Å². The topological polar surface area (TPSA) is 9.23 Å². The zero-order valence-electron chi connectivity index (χ0n) is 7.05. The van der Waals surface area contributed by atoms with Gasteiger partial charge in [0, 0.05) is 0 Å². The first-order valence-corrected chi connectivity index (χ1v) is 3.66. The smallest absolute Gasteiger partial charge is 0.0863 e. The van der Waals surface area contributed by atoms with Gasteiger partial charge in [0.2, 0.25) is 0 Å². The molecule has 0 saturated carbocycles. The van der Waals surface area contributed by atoms with Crippen LogP contribution in [-0.2, 0) is 4.74 Å². The molecule has 0 bridgehead atoms. The van der Waals surface area contributed by atoms with Gasteiger partial charge in [-0.15, -0.1) is 0 Å². The average molecular weight is 140 g/mol. The lowest BCUT2D eigenvalue weighted by Gasteiger charge is -2.04. The second kappa shape index (κ2) is 5.10. The van der Waals surface area contributed by atoms with Crippen molar-refractivity contribution in [1.29, 1.82) is 0 Å². The summed E-state index contributed by atoms with van der Waals surface area (Å²) in [6, 6.07) is 0. The van der Waals surface area contributed by atoms with E-state index in [0.717, 1.165) is 12.2 Å². The van der Waals surface area contributed by atoms with E-state index in [0.29, 0.717) is 5.92 Å². The van der Waals surface area contributed by atoms with E-state index in [2.05, 4.69) is 20.4 Å². The van der Waals surface area contributed by atoms with Crippen LogP contribution in [0.5, 0.6) is 0 Å². The van der Waals surface area contributed by atoms with E-state index in [9.17, 15) is 0 Å². The van der Waals surface area contributed by atoms with E-state index in [1.165, 1.54) is 0 Å². The van der Waals surface area contributed by atoms with E-state index >= 15 is 0 Å². The molecule has 0 unspecified atom stereocenters. The van der Waals surface area contributed by atoms with E-state index in [1.807, 2.05) is 13.0 Å². The Balaban J connectivity index is 3.91. The summed E-state index contributed by atoms with van der Waals surface area (Å²) in [7, 11) is 0. The third kappa shape index (κ3) is 3.33. The highest BCUT2D eigenvalue weighted by Crippen LogP contribution is 2.09. The van der Waals surface area contributed by atoms with Gasteiger partial charge in [0.25, 0.3) is 0 Å². The van der Waals surface area contributed by atoms with E-state index in [4.69, 9.17) is 4.74 Å². The first-order chi connectivity index (χ1) is 4.72. The summed E-state index contributed by atoms with van der Waals surface area (Å²) >= 11 is 0. The summed E-state index contributed by atoms with van der Waals surface area (Å²) in [6.45, 7) is 10.6. The predicted octanol–water partition coefficient (Wildman–Crippen LogP) is 2.75. The molecule has 0 aromatic carbocycles. The van der Waals surface area contributed by atoms with Gasteiger partial charge in [0.15, 0.2) is 0 Å². The number of ether oxygens (including phenoxy) is 1. The summed E-state index contributed by atoms with van der Waals surface area (Å²) in [5.74, 6) is 0.504. The van der Waals surface area contributed by atoms with Crippen molar-refractivity contribution in [3.63, 3.8) is 0 Å². The molecule has 0 aliphatic rings. The van der Waals surface area contributed by atoms with E-state index < -0.39 is 0 Å². The molecular weight excluding hydrogens is 124 g/mol. The summed E-state index contributed by atoms with van der Waals surface area (Å²) in [5, 5.41) is 0. The SMILES string of the molecule is C=C/C(=C/OCC)C(C)C. The fourth-order valence-corrected chi connectivity index (χ4v) is 0.599. The van der Waals surface area contributed by atoms with Crippen LogP contribution in [0.4, 0.5) is 0 Å². The van der Waals surface area contributed by atoms with Gasteiger partial charge >= 0.3 is 0 Å². The minimum Gasteiger partial charge on any atom is -0.501 e. The Labute approximate surface area is 63.4 Å². The van der Waals surface area contributed by atoms with E-state index in [-0.39, 0.29) is 0 Å². The Morgan fingerprint density at radius 3 is 2.50 bits per heavy atom. The monoisotopic (exact) mass is 140 g/mol. The van der Waals surface area contributed by atoms with Crippen LogP contribution >= 0.6 is 0 Å². The number of allylic oxidation sites excluding steroid dienone is 2. The molecule has 0 N–H and O–H groups in total. The quantitative estimate of drug-likeness (QED) is 0.431. The van der Waals surface area contributed by atoms with Crippen LogP contribution in [-0.4, -0.2) is 6.61 Å². The van der Waals surface area contributed by atoms with E-state index in [1.54, 1.807) is 6.26 Å². The molecule has 0 aliphatic heterocycles. The van der Waals surface area contributed by atoms with Crippen molar-refractivity contribution in [2.45, 2.75) is 20.8 Å². The molecule has 58 valence electrons. The minimum atomic E-state index is 0.504. The Kier molecular flexibility index (Phi) is 4.73. The van der Waals surface area contributed by atoms with Gasteiger partial charge in [-0.1, -0.05) is 26.5 Å². The van der Waals surface area contributed by atoms with Crippen LogP contribution in [0, 0.1) is 5.92 Å². The lowest BCUT2D eigenvalue weighted by Crippen LogP contribution is -1.91. The highest BCUT2D eigenvalue weighted by Gasteiger charge is 1.96. The molecule has 0 aromatic heterocycles. The lowest BCUT2D eigenvalue weighted by atomic mass is 10.1. The van der Waals surface area contributed by atoms with Crippen molar-refractivity contribution < 1.29 is 4.74 Å². The molecular formula is C9H16O. The molecule has 0 spiro atoms.